The van der Waals surface area contributed by atoms with E-state index in [0.717, 1.165) is 49.8 Å². The van der Waals surface area contributed by atoms with Gasteiger partial charge in [0.25, 0.3) is 0 Å². The van der Waals surface area contributed by atoms with Gasteiger partial charge in [-0.3, -0.25) is 0 Å². The van der Waals surface area contributed by atoms with Gasteiger partial charge in [-0.2, -0.15) is 0 Å². The van der Waals surface area contributed by atoms with Gasteiger partial charge in [0.2, 0.25) is 0 Å². The topological polar surface area (TPSA) is 33.5 Å². The van der Waals surface area contributed by atoms with Crippen molar-refractivity contribution >= 4 is 16.6 Å². The highest BCUT2D eigenvalue weighted by atomic mass is 15.3. The maximum atomic E-state index is 4.71. The molecule has 3 aromatic carbocycles. The van der Waals surface area contributed by atoms with Crippen molar-refractivity contribution in [1.82, 2.24) is 10.2 Å². The van der Waals surface area contributed by atoms with E-state index in [0.29, 0.717) is 0 Å². The van der Waals surface area contributed by atoms with Crippen LogP contribution in [0.25, 0.3) is 22.0 Å². The second-order valence-electron chi connectivity index (χ2n) is 8.18. The predicted octanol–water partition coefficient (Wildman–Crippen LogP) is 3.51. The molecule has 0 saturated carbocycles. The van der Waals surface area contributed by atoms with Crippen molar-refractivity contribution < 1.29 is 4.90 Å². The Labute approximate surface area is 177 Å². The molecular formula is C26H27N4+. The molecule has 0 spiro atoms. The molecule has 1 fully saturated rings. The molecule has 1 aromatic heterocycles. The minimum absolute atomic E-state index is 0.961. The number of hydrogen-bond donors (Lipinski definition) is 1. The van der Waals surface area contributed by atoms with Gasteiger partial charge in [0.1, 0.15) is 12.2 Å². The third kappa shape index (κ3) is 3.79. The van der Waals surface area contributed by atoms with Crippen molar-refractivity contribution in [2.24, 2.45) is 0 Å². The van der Waals surface area contributed by atoms with Crippen LogP contribution in [0.15, 0.2) is 78.9 Å². The largest absolute Gasteiger partial charge is 0.343 e. The molecule has 1 aliphatic rings. The van der Waals surface area contributed by atoms with Crippen LogP contribution in [0.1, 0.15) is 11.1 Å². The lowest BCUT2D eigenvalue weighted by Crippen LogP contribution is -3.13. The van der Waals surface area contributed by atoms with E-state index in [1.807, 2.05) is 0 Å². The van der Waals surface area contributed by atoms with Gasteiger partial charge in [-0.1, -0.05) is 84.4 Å². The average molecular weight is 396 g/mol. The molecule has 150 valence electrons. The molecule has 1 saturated heterocycles. The predicted molar refractivity (Wildman–Crippen MR) is 123 cm³/mol. The highest BCUT2D eigenvalue weighted by molar-refractivity contribution is 6.00. The van der Waals surface area contributed by atoms with E-state index < -0.39 is 0 Å². The van der Waals surface area contributed by atoms with Crippen LogP contribution in [0.3, 0.4) is 0 Å². The summed E-state index contributed by atoms with van der Waals surface area (Å²) in [5.74, 6) is 1.01. The lowest BCUT2D eigenvalue weighted by atomic mass is 10.0. The highest BCUT2D eigenvalue weighted by Gasteiger charge is 2.23. The Morgan fingerprint density at radius 1 is 0.767 bits per heavy atom. The fourth-order valence-corrected chi connectivity index (χ4v) is 4.34. The lowest BCUT2D eigenvalue weighted by Gasteiger charge is -2.33. The summed E-state index contributed by atoms with van der Waals surface area (Å²) in [4.78, 5) is 4.04. The van der Waals surface area contributed by atoms with Crippen LogP contribution in [0.5, 0.6) is 0 Å². The third-order valence-electron chi connectivity index (χ3n) is 6.06. The zero-order valence-corrected chi connectivity index (χ0v) is 17.4. The molecule has 1 aliphatic heterocycles. The second-order valence-corrected chi connectivity index (χ2v) is 8.18. The van der Waals surface area contributed by atoms with Crippen LogP contribution < -0.4 is 9.80 Å². The molecule has 5 rings (SSSR count). The normalized spacial score (nSPS) is 14.9. The van der Waals surface area contributed by atoms with E-state index in [1.165, 1.54) is 21.9 Å². The Morgan fingerprint density at radius 3 is 2.17 bits per heavy atom. The molecule has 0 aliphatic carbocycles. The van der Waals surface area contributed by atoms with Crippen LogP contribution in [-0.4, -0.2) is 36.4 Å². The van der Waals surface area contributed by atoms with Crippen LogP contribution in [0.2, 0.25) is 0 Å². The summed E-state index contributed by atoms with van der Waals surface area (Å²) >= 11 is 0. The van der Waals surface area contributed by atoms with Crippen molar-refractivity contribution in [2.45, 2.75) is 13.5 Å². The van der Waals surface area contributed by atoms with Crippen molar-refractivity contribution in [3.63, 3.8) is 0 Å². The quantitative estimate of drug-likeness (QED) is 0.574. The van der Waals surface area contributed by atoms with E-state index in [4.69, 9.17) is 5.10 Å². The van der Waals surface area contributed by atoms with Gasteiger partial charge in [0, 0.05) is 21.9 Å². The van der Waals surface area contributed by atoms with E-state index in [1.54, 1.807) is 4.90 Å². The monoisotopic (exact) mass is 395 g/mol. The molecule has 4 heteroatoms. The number of fused-ring (bicyclic) bond motifs is 1. The van der Waals surface area contributed by atoms with Crippen LogP contribution in [0.4, 0.5) is 5.82 Å². The SMILES string of the molecule is Cc1ccc(-c2nnc(N3CC[NH+](Cc4ccccc4)CC3)c3ccccc23)cc1. The second kappa shape index (κ2) is 8.25. The van der Waals surface area contributed by atoms with Gasteiger partial charge in [0.15, 0.2) is 5.82 Å². The van der Waals surface area contributed by atoms with E-state index in [-0.39, 0.29) is 0 Å². The smallest absolute Gasteiger partial charge is 0.159 e. The molecule has 1 N–H and O–H groups in total. The fourth-order valence-electron chi connectivity index (χ4n) is 4.34. The van der Waals surface area contributed by atoms with E-state index in [9.17, 15) is 0 Å². The van der Waals surface area contributed by atoms with Gasteiger partial charge in [0.05, 0.1) is 26.2 Å². The van der Waals surface area contributed by atoms with Crippen molar-refractivity contribution in [1.29, 1.82) is 0 Å². The van der Waals surface area contributed by atoms with Gasteiger partial charge in [-0.15, -0.1) is 10.2 Å². The zero-order chi connectivity index (χ0) is 20.3. The number of nitrogens with one attached hydrogen (secondary N) is 1. The van der Waals surface area contributed by atoms with Crippen molar-refractivity contribution in [2.75, 3.05) is 31.1 Å². The molecule has 30 heavy (non-hydrogen) atoms. The maximum Gasteiger partial charge on any atom is 0.159 e. The lowest BCUT2D eigenvalue weighted by molar-refractivity contribution is -0.914. The summed E-state index contributed by atoms with van der Waals surface area (Å²) in [6.07, 6.45) is 0. The minimum Gasteiger partial charge on any atom is -0.343 e. The average Bonchev–Trinajstić information content (AvgIpc) is 2.80. The standard InChI is InChI=1S/C26H26N4/c1-20-11-13-22(14-12-20)25-23-9-5-6-10-24(23)26(28-27-25)30-17-15-29(16-18-30)19-21-7-3-2-4-8-21/h2-14H,15-19H2,1H3/p+1. The molecule has 0 radical (unpaired) electrons. The summed E-state index contributed by atoms with van der Waals surface area (Å²) in [6.45, 7) is 7.44. The zero-order valence-electron chi connectivity index (χ0n) is 17.4. The summed E-state index contributed by atoms with van der Waals surface area (Å²) in [5, 5.41) is 11.7. The van der Waals surface area contributed by atoms with Gasteiger partial charge < -0.3 is 9.80 Å². The summed E-state index contributed by atoms with van der Waals surface area (Å²) < 4.78 is 0. The number of anilines is 1. The molecule has 0 amide bonds. The first-order chi connectivity index (χ1) is 14.8. The highest BCUT2D eigenvalue weighted by Crippen LogP contribution is 2.31. The molecule has 4 nitrogen and oxygen atoms in total. The first-order valence-electron chi connectivity index (χ1n) is 10.7. The number of benzene rings is 3. The Hall–Kier alpha value is -3.24. The molecule has 0 bridgehead atoms. The Balaban J connectivity index is 1.39. The van der Waals surface area contributed by atoms with E-state index in [2.05, 4.69) is 95.8 Å². The number of rotatable bonds is 4. The molecule has 0 unspecified atom stereocenters. The summed E-state index contributed by atoms with van der Waals surface area (Å²) in [6, 6.07) is 27.9. The summed E-state index contributed by atoms with van der Waals surface area (Å²) in [7, 11) is 0. The van der Waals surface area contributed by atoms with Crippen molar-refractivity contribution in [3.05, 3.63) is 90.0 Å². The van der Waals surface area contributed by atoms with E-state index >= 15 is 0 Å². The number of piperazine rings is 1. The number of hydrogen-bond acceptors (Lipinski definition) is 3. The number of aryl methyl sites for hydroxylation is 1. The minimum atomic E-state index is 0.961. The first kappa shape index (κ1) is 18.8. The molecule has 4 aromatic rings. The van der Waals surface area contributed by atoms with Crippen LogP contribution >= 0.6 is 0 Å². The molecule has 0 atom stereocenters. The Morgan fingerprint density at radius 2 is 1.43 bits per heavy atom. The number of nitrogens with zero attached hydrogens (tertiary/aromatic N) is 3. The van der Waals surface area contributed by atoms with Crippen molar-refractivity contribution in [3.8, 4) is 11.3 Å². The first-order valence-corrected chi connectivity index (χ1v) is 10.7. The van der Waals surface area contributed by atoms with Crippen LogP contribution in [-0.2, 0) is 6.54 Å². The van der Waals surface area contributed by atoms with Crippen LogP contribution in [0, 0.1) is 6.92 Å². The fraction of sp³-hybridized carbons (Fsp3) is 0.231. The molecule has 2 heterocycles. The number of aromatic nitrogens is 2. The maximum absolute atomic E-state index is 4.71. The Bertz CT molecular complexity index is 1130. The van der Waals surface area contributed by atoms with Gasteiger partial charge in [-0.05, 0) is 6.92 Å². The van der Waals surface area contributed by atoms with Gasteiger partial charge in [-0.25, -0.2) is 0 Å². The third-order valence-corrected chi connectivity index (χ3v) is 6.06. The molecular weight excluding hydrogens is 368 g/mol. The van der Waals surface area contributed by atoms with Gasteiger partial charge >= 0.3 is 0 Å². The Kier molecular flexibility index (Phi) is 5.16. The number of quaternary nitrogens is 1. The summed E-state index contributed by atoms with van der Waals surface area (Å²) in [5.41, 5.74) is 4.74.